The third-order valence-corrected chi connectivity index (χ3v) is 5.52. The third-order valence-electron chi connectivity index (χ3n) is 5.52. The average Bonchev–Trinajstić information content (AvgIpc) is 3.26. The van der Waals surface area contributed by atoms with Crippen LogP contribution < -0.4 is 10.2 Å². The van der Waals surface area contributed by atoms with E-state index in [4.69, 9.17) is 0 Å². The van der Waals surface area contributed by atoms with Crippen LogP contribution in [-0.2, 0) is 16.0 Å². The van der Waals surface area contributed by atoms with Gasteiger partial charge in [0.2, 0.25) is 11.8 Å². The van der Waals surface area contributed by atoms with E-state index in [0.717, 1.165) is 23.2 Å². The number of H-pyrrole nitrogens is 1. The lowest BCUT2D eigenvalue weighted by Crippen LogP contribution is -2.34. The fraction of sp³-hybridized carbons (Fsp3) is 0.304. The molecule has 0 radical (unpaired) electrons. The molecule has 144 valence electrons. The summed E-state index contributed by atoms with van der Waals surface area (Å²) in [6, 6.07) is 14.1. The maximum atomic E-state index is 12.6. The lowest BCUT2D eigenvalue weighted by Gasteiger charge is -2.19. The van der Waals surface area contributed by atoms with Crippen molar-refractivity contribution in [2.75, 3.05) is 18.0 Å². The molecule has 0 saturated carbocycles. The molecule has 0 bridgehead atoms. The molecule has 5 heteroatoms. The van der Waals surface area contributed by atoms with E-state index in [2.05, 4.69) is 35.4 Å². The van der Waals surface area contributed by atoms with Gasteiger partial charge in [-0.3, -0.25) is 9.59 Å². The number of hydrogen-bond acceptors (Lipinski definition) is 2. The van der Waals surface area contributed by atoms with Gasteiger partial charge in [0.25, 0.3) is 0 Å². The van der Waals surface area contributed by atoms with Crippen LogP contribution in [0.4, 0.5) is 5.69 Å². The van der Waals surface area contributed by atoms with Crippen molar-refractivity contribution in [3.8, 4) is 0 Å². The van der Waals surface area contributed by atoms with E-state index in [1.54, 1.807) is 4.90 Å². The van der Waals surface area contributed by atoms with E-state index in [9.17, 15) is 9.59 Å². The van der Waals surface area contributed by atoms with Crippen LogP contribution in [0.2, 0.25) is 0 Å². The minimum Gasteiger partial charge on any atom is -0.361 e. The number of carbonyl (C=O) groups excluding carboxylic acids is 2. The molecule has 0 unspecified atom stereocenters. The van der Waals surface area contributed by atoms with Crippen molar-refractivity contribution in [3.63, 3.8) is 0 Å². The molecule has 2 N–H and O–H groups in total. The highest BCUT2D eigenvalue weighted by Crippen LogP contribution is 2.27. The van der Waals surface area contributed by atoms with E-state index in [0.29, 0.717) is 13.1 Å². The second-order valence-electron chi connectivity index (χ2n) is 7.60. The summed E-state index contributed by atoms with van der Waals surface area (Å²) in [7, 11) is 0. The molecule has 1 fully saturated rings. The first-order chi connectivity index (χ1) is 13.5. The van der Waals surface area contributed by atoms with Gasteiger partial charge < -0.3 is 15.2 Å². The molecule has 0 aliphatic carbocycles. The molecular weight excluding hydrogens is 350 g/mol. The van der Waals surface area contributed by atoms with Gasteiger partial charge in [-0.25, -0.2) is 0 Å². The summed E-state index contributed by atoms with van der Waals surface area (Å²) in [5.41, 5.74) is 5.48. The zero-order valence-electron chi connectivity index (χ0n) is 16.3. The molecule has 5 nitrogen and oxygen atoms in total. The van der Waals surface area contributed by atoms with Crippen LogP contribution in [0.1, 0.15) is 23.1 Å². The summed E-state index contributed by atoms with van der Waals surface area (Å²) in [6.45, 7) is 5.07. The predicted octanol–water partition coefficient (Wildman–Crippen LogP) is 3.50. The number of nitrogens with one attached hydrogen (secondary N) is 2. The molecule has 2 amide bonds. The smallest absolute Gasteiger partial charge is 0.227 e. The topological polar surface area (TPSA) is 65.2 Å². The summed E-state index contributed by atoms with van der Waals surface area (Å²) >= 11 is 0. The number of aryl methyl sites for hydroxylation is 2. The SMILES string of the molecule is Cc1ccc2[nH]cc(CCNC(=O)[C@H]3CC(=O)N(c4ccccc4C)C3)c2c1. The molecule has 1 saturated heterocycles. The fourth-order valence-corrected chi connectivity index (χ4v) is 3.95. The van der Waals surface area contributed by atoms with Gasteiger partial charge in [0.15, 0.2) is 0 Å². The van der Waals surface area contributed by atoms with Gasteiger partial charge in [-0.05, 0) is 49.6 Å². The fourth-order valence-electron chi connectivity index (χ4n) is 3.95. The Kier molecular flexibility index (Phi) is 4.90. The number of fused-ring (bicyclic) bond motifs is 1. The van der Waals surface area contributed by atoms with Crippen molar-refractivity contribution in [1.82, 2.24) is 10.3 Å². The Bertz CT molecular complexity index is 1040. The molecule has 1 atom stereocenters. The van der Waals surface area contributed by atoms with Gasteiger partial charge in [0, 0.05) is 42.3 Å². The summed E-state index contributed by atoms with van der Waals surface area (Å²) in [4.78, 5) is 30.0. The van der Waals surface area contributed by atoms with Crippen LogP contribution in [0.25, 0.3) is 10.9 Å². The zero-order valence-corrected chi connectivity index (χ0v) is 16.3. The number of nitrogens with zero attached hydrogens (tertiary/aromatic N) is 1. The molecule has 3 aromatic rings. The van der Waals surface area contributed by atoms with Crippen LogP contribution in [0, 0.1) is 19.8 Å². The van der Waals surface area contributed by atoms with Crippen molar-refractivity contribution in [1.29, 1.82) is 0 Å². The Morgan fingerprint density at radius 1 is 1.21 bits per heavy atom. The number of carbonyl (C=O) groups is 2. The third kappa shape index (κ3) is 3.52. The second-order valence-corrected chi connectivity index (χ2v) is 7.60. The lowest BCUT2D eigenvalue weighted by molar-refractivity contribution is -0.126. The van der Waals surface area contributed by atoms with Crippen molar-refractivity contribution >= 4 is 28.4 Å². The quantitative estimate of drug-likeness (QED) is 0.717. The van der Waals surface area contributed by atoms with Crippen molar-refractivity contribution in [2.45, 2.75) is 26.7 Å². The van der Waals surface area contributed by atoms with Gasteiger partial charge in [-0.2, -0.15) is 0 Å². The van der Waals surface area contributed by atoms with Gasteiger partial charge >= 0.3 is 0 Å². The van der Waals surface area contributed by atoms with Crippen LogP contribution in [0.5, 0.6) is 0 Å². The molecule has 28 heavy (non-hydrogen) atoms. The number of benzene rings is 2. The largest absolute Gasteiger partial charge is 0.361 e. The van der Waals surface area contributed by atoms with Gasteiger partial charge in [-0.1, -0.05) is 29.8 Å². The number of anilines is 1. The summed E-state index contributed by atoms with van der Waals surface area (Å²) < 4.78 is 0. The molecule has 0 spiro atoms. The van der Waals surface area contributed by atoms with E-state index >= 15 is 0 Å². The monoisotopic (exact) mass is 375 g/mol. The van der Waals surface area contributed by atoms with Gasteiger partial charge in [-0.15, -0.1) is 0 Å². The minimum absolute atomic E-state index is 0.0153. The summed E-state index contributed by atoms with van der Waals surface area (Å²) in [5, 5.41) is 4.22. The highest BCUT2D eigenvalue weighted by Gasteiger charge is 2.35. The number of amides is 2. The zero-order chi connectivity index (χ0) is 19.7. The first-order valence-electron chi connectivity index (χ1n) is 9.73. The average molecular weight is 375 g/mol. The maximum absolute atomic E-state index is 12.6. The van der Waals surface area contributed by atoms with Crippen LogP contribution in [0.3, 0.4) is 0 Å². The first kappa shape index (κ1) is 18.3. The molecular formula is C23H25N3O2. The number of hydrogen-bond donors (Lipinski definition) is 2. The van der Waals surface area contributed by atoms with E-state index in [1.165, 1.54) is 16.5 Å². The second kappa shape index (κ2) is 7.50. The van der Waals surface area contributed by atoms with E-state index in [1.807, 2.05) is 37.4 Å². The highest BCUT2D eigenvalue weighted by atomic mass is 16.2. The molecule has 1 aromatic heterocycles. The Labute approximate surface area is 164 Å². The standard InChI is InChI=1S/C23H25N3O2/c1-15-7-8-20-19(11-15)17(13-25-20)9-10-24-23(28)18-12-22(27)26(14-18)21-6-4-3-5-16(21)2/h3-8,11,13,18,25H,9-10,12,14H2,1-2H3,(H,24,28)/t18-/m0/s1. The Morgan fingerprint density at radius 2 is 2.04 bits per heavy atom. The van der Waals surface area contributed by atoms with Gasteiger partial charge in [0.05, 0.1) is 5.92 Å². The van der Waals surface area contributed by atoms with Crippen molar-refractivity contribution < 1.29 is 9.59 Å². The number of aromatic nitrogens is 1. The highest BCUT2D eigenvalue weighted by molar-refractivity contribution is 6.00. The van der Waals surface area contributed by atoms with Gasteiger partial charge in [0.1, 0.15) is 0 Å². The molecule has 4 rings (SSSR count). The first-order valence-corrected chi connectivity index (χ1v) is 9.73. The molecule has 1 aliphatic heterocycles. The van der Waals surface area contributed by atoms with Crippen molar-refractivity contribution in [3.05, 3.63) is 65.4 Å². The summed E-state index contributed by atoms with van der Waals surface area (Å²) in [5.74, 6) is -0.320. The van der Waals surface area contributed by atoms with E-state index in [-0.39, 0.29) is 24.2 Å². The van der Waals surface area contributed by atoms with Crippen molar-refractivity contribution in [2.24, 2.45) is 5.92 Å². The van der Waals surface area contributed by atoms with Crippen LogP contribution in [-0.4, -0.2) is 29.9 Å². The van der Waals surface area contributed by atoms with Crippen LogP contribution in [0.15, 0.2) is 48.7 Å². The predicted molar refractivity (Wildman–Crippen MR) is 111 cm³/mol. The number of para-hydroxylation sites is 1. The Morgan fingerprint density at radius 3 is 2.86 bits per heavy atom. The maximum Gasteiger partial charge on any atom is 0.227 e. The van der Waals surface area contributed by atoms with Crippen LogP contribution >= 0.6 is 0 Å². The lowest BCUT2D eigenvalue weighted by atomic mass is 10.1. The molecule has 2 aromatic carbocycles. The summed E-state index contributed by atoms with van der Waals surface area (Å²) in [6.07, 6.45) is 3.04. The Hall–Kier alpha value is -3.08. The minimum atomic E-state index is -0.294. The molecule has 2 heterocycles. The number of rotatable bonds is 5. The Balaban J connectivity index is 1.36. The molecule has 1 aliphatic rings. The van der Waals surface area contributed by atoms with E-state index < -0.39 is 0 Å². The normalized spacial score (nSPS) is 16.7. The number of aromatic amines is 1.